The molecule has 5 heteroatoms. The molecule has 5 nitrogen and oxygen atoms in total. The summed E-state index contributed by atoms with van der Waals surface area (Å²) in [6.07, 6.45) is 4.11. The highest BCUT2D eigenvalue weighted by Crippen LogP contribution is 2.25. The monoisotopic (exact) mass is 222 g/mol. The first kappa shape index (κ1) is 12.3. The second-order valence-corrected chi connectivity index (χ2v) is 3.46. The molecule has 0 aliphatic heterocycles. The number of anilines is 2. The van der Waals surface area contributed by atoms with Gasteiger partial charge in [-0.15, -0.1) is 6.58 Å². The van der Waals surface area contributed by atoms with Gasteiger partial charge in [0.25, 0.3) is 0 Å². The van der Waals surface area contributed by atoms with Gasteiger partial charge in [-0.05, 0) is 13.3 Å². The molecule has 1 aromatic heterocycles. The van der Waals surface area contributed by atoms with Crippen molar-refractivity contribution in [1.29, 1.82) is 0 Å². The third-order valence-corrected chi connectivity index (χ3v) is 2.01. The first-order chi connectivity index (χ1) is 7.69. The molecule has 0 spiro atoms. The van der Waals surface area contributed by atoms with Crippen molar-refractivity contribution in [3.05, 3.63) is 19.0 Å². The van der Waals surface area contributed by atoms with E-state index in [-0.39, 0.29) is 6.04 Å². The maximum Gasteiger partial charge on any atom is 0.242 e. The third kappa shape index (κ3) is 3.12. The minimum atomic E-state index is 0.0937. The largest absolute Gasteiger partial charge is 0.476 e. The first-order valence-corrected chi connectivity index (χ1v) is 5.31. The van der Waals surface area contributed by atoms with Crippen LogP contribution in [0.2, 0.25) is 0 Å². The topological polar surface area (TPSA) is 73.1 Å². The lowest BCUT2D eigenvalue weighted by molar-refractivity contribution is 0.306. The summed E-state index contributed by atoms with van der Waals surface area (Å²) >= 11 is 0. The fourth-order valence-corrected chi connectivity index (χ4v) is 1.08. The molecule has 1 atom stereocenters. The van der Waals surface area contributed by atoms with Crippen molar-refractivity contribution in [1.82, 2.24) is 9.97 Å². The number of nitrogens with zero attached hydrogens (tertiary/aromatic N) is 2. The van der Waals surface area contributed by atoms with E-state index in [1.54, 1.807) is 6.08 Å². The van der Waals surface area contributed by atoms with Crippen molar-refractivity contribution in [2.24, 2.45) is 0 Å². The zero-order valence-corrected chi connectivity index (χ0v) is 9.73. The normalized spacial score (nSPS) is 11.9. The Morgan fingerprint density at radius 3 is 3.00 bits per heavy atom. The summed E-state index contributed by atoms with van der Waals surface area (Å²) in [7, 11) is 0. The molecular weight excluding hydrogens is 204 g/mol. The summed E-state index contributed by atoms with van der Waals surface area (Å²) in [5.41, 5.74) is 6.32. The Labute approximate surface area is 95.7 Å². The van der Waals surface area contributed by atoms with Gasteiger partial charge in [-0.3, -0.25) is 0 Å². The smallest absolute Gasteiger partial charge is 0.242 e. The summed E-state index contributed by atoms with van der Waals surface area (Å²) in [5, 5.41) is 3.10. The lowest BCUT2D eigenvalue weighted by atomic mass is 10.3. The zero-order chi connectivity index (χ0) is 12.0. The molecule has 1 rings (SSSR count). The van der Waals surface area contributed by atoms with Crippen LogP contribution in [0.5, 0.6) is 5.88 Å². The van der Waals surface area contributed by atoms with Crippen molar-refractivity contribution in [3.63, 3.8) is 0 Å². The Balaban J connectivity index is 2.81. The maximum atomic E-state index is 5.88. The van der Waals surface area contributed by atoms with E-state index in [1.807, 2.05) is 13.8 Å². The molecule has 0 fully saturated rings. The molecule has 3 N–H and O–H groups in total. The standard InChI is InChI=1S/C11H18N4O/c1-4-6-16-11-9(12)10(13-7-14-11)15-8(3)5-2/h5,7-8H,2,4,6,12H2,1,3H3,(H,13,14,15). The van der Waals surface area contributed by atoms with E-state index in [9.17, 15) is 0 Å². The Morgan fingerprint density at radius 1 is 1.62 bits per heavy atom. The van der Waals surface area contributed by atoms with Gasteiger partial charge in [-0.2, -0.15) is 4.98 Å². The SMILES string of the molecule is C=CC(C)Nc1ncnc(OCCC)c1N. The Kier molecular flexibility index (Phi) is 4.57. The summed E-state index contributed by atoms with van der Waals surface area (Å²) in [6.45, 7) is 8.26. The van der Waals surface area contributed by atoms with Crippen LogP contribution < -0.4 is 15.8 Å². The molecule has 0 aliphatic rings. The summed E-state index contributed by atoms with van der Waals surface area (Å²) in [5.74, 6) is 1.00. The van der Waals surface area contributed by atoms with Crippen LogP contribution in [0.4, 0.5) is 11.5 Å². The fourth-order valence-electron chi connectivity index (χ4n) is 1.08. The predicted octanol–water partition coefficient (Wildman–Crippen LogP) is 1.83. The van der Waals surface area contributed by atoms with Crippen LogP contribution in [0.25, 0.3) is 0 Å². The van der Waals surface area contributed by atoms with E-state index in [1.165, 1.54) is 6.33 Å². The maximum absolute atomic E-state index is 5.88. The van der Waals surface area contributed by atoms with E-state index >= 15 is 0 Å². The molecule has 1 aromatic rings. The Bertz CT molecular complexity index is 354. The number of nitrogens with one attached hydrogen (secondary N) is 1. The Morgan fingerprint density at radius 2 is 2.38 bits per heavy atom. The lowest BCUT2D eigenvalue weighted by Gasteiger charge is -2.13. The number of nitrogen functional groups attached to an aromatic ring is 1. The average molecular weight is 222 g/mol. The van der Waals surface area contributed by atoms with Gasteiger partial charge in [-0.1, -0.05) is 13.0 Å². The first-order valence-electron chi connectivity index (χ1n) is 5.31. The molecule has 0 bridgehead atoms. The minimum absolute atomic E-state index is 0.0937. The summed E-state index contributed by atoms with van der Waals surface area (Å²) in [6, 6.07) is 0.0937. The number of ether oxygens (including phenoxy) is 1. The van der Waals surface area contributed by atoms with E-state index < -0.39 is 0 Å². The molecule has 1 unspecified atom stereocenters. The second kappa shape index (κ2) is 5.95. The second-order valence-electron chi connectivity index (χ2n) is 3.46. The van der Waals surface area contributed by atoms with Crippen LogP contribution >= 0.6 is 0 Å². The van der Waals surface area contributed by atoms with Gasteiger partial charge >= 0.3 is 0 Å². The molecule has 0 amide bonds. The minimum Gasteiger partial charge on any atom is -0.476 e. The van der Waals surface area contributed by atoms with Crippen molar-refractivity contribution in [2.45, 2.75) is 26.3 Å². The molecule has 0 aliphatic carbocycles. The number of hydrogen-bond acceptors (Lipinski definition) is 5. The van der Waals surface area contributed by atoms with Crippen LogP contribution in [-0.4, -0.2) is 22.6 Å². The summed E-state index contributed by atoms with van der Waals surface area (Å²) in [4.78, 5) is 8.05. The van der Waals surface area contributed by atoms with Crippen LogP contribution in [0.3, 0.4) is 0 Å². The van der Waals surface area contributed by atoms with Gasteiger partial charge in [0.1, 0.15) is 12.0 Å². The molecule has 0 aromatic carbocycles. The van der Waals surface area contributed by atoms with Gasteiger partial charge in [-0.25, -0.2) is 4.98 Å². The molecule has 0 saturated carbocycles. The molecule has 0 saturated heterocycles. The van der Waals surface area contributed by atoms with Crippen molar-refractivity contribution < 1.29 is 4.74 Å². The molecule has 88 valence electrons. The highest BCUT2D eigenvalue weighted by atomic mass is 16.5. The van der Waals surface area contributed by atoms with Crippen LogP contribution in [0.1, 0.15) is 20.3 Å². The van der Waals surface area contributed by atoms with Gasteiger partial charge < -0.3 is 15.8 Å². The zero-order valence-electron chi connectivity index (χ0n) is 9.73. The van der Waals surface area contributed by atoms with E-state index in [2.05, 4.69) is 21.9 Å². The summed E-state index contributed by atoms with van der Waals surface area (Å²) < 4.78 is 5.40. The third-order valence-electron chi connectivity index (χ3n) is 2.01. The molecular formula is C11H18N4O. The van der Waals surface area contributed by atoms with Gasteiger partial charge in [0.15, 0.2) is 5.82 Å². The fraction of sp³-hybridized carbons (Fsp3) is 0.455. The van der Waals surface area contributed by atoms with Gasteiger partial charge in [0.05, 0.1) is 6.61 Å². The number of rotatable bonds is 6. The van der Waals surface area contributed by atoms with Gasteiger partial charge in [0.2, 0.25) is 5.88 Å². The number of nitrogens with two attached hydrogens (primary N) is 1. The van der Waals surface area contributed by atoms with Crippen LogP contribution in [-0.2, 0) is 0 Å². The number of hydrogen-bond donors (Lipinski definition) is 2. The van der Waals surface area contributed by atoms with Crippen molar-refractivity contribution in [3.8, 4) is 5.88 Å². The average Bonchev–Trinajstić information content (AvgIpc) is 2.30. The molecule has 1 heterocycles. The van der Waals surface area contributed by atoms with Crippen molar-refractivity contribution >= 4 is 11.5 Å². The van der Waals surface area contributed by atoms with Crippen LogP contribution in [0, 0.1) is 0 Å². The van der Waals surface area contributed by atoms with E-state index in [4.69, 9.17) is 10.5 Å². The highest BCUT2D eigenvalue weighted by molar-refractivity contribution is 5.66. The van der Waals surface area contributed by atoms with E-state index in [0.29, 0.717) is 24.0 Å². The quantitative estimate of drug-likeness (QED) is 0.718. The van der Waals surface area contributed by atoms with Gasteiger partial charge in [0, 0.05) is 6.04 Å². The lowest BCUT2D eigenvalue weighted by Crippen LogP contribution is -2.15. The van der Waals surface area contributed by atoms with E-state index in [0.717, 1.165) is 6.42 Å². The van der Waals surface area contributed by atoms with Crippen molar-refractivity contribution in [2.75, 3.05) is 17.7 Å². The molecule has 0 radical (unpaired) electrons. The Hall–Kier alpha value is -1.78. The van der Waals surface area contributed by atoms with Crippen LogP contribution in [0.15, 0.2) is 19.0 Å². The predicted molar refractivity (Wildman–Crippen MR) is 65.5 cm³/mol. The highest BCUT2D eigenvalue weighted by Gasteiger charge is 2.09. The molecule has 16 heavy (non-hydrogen) atoms. The number of aromatic nitrogens is 2.